The first-order chi connectivity index (χ1) is 8.15. The van der Waals surface area contributed by atoms with Crippen LogP contribution in [0.15, 0.2) is 18.2 Å². The standard InChI is InChI=1S/C14H21ClFN/c1-3-4-5-7-11(2)17-10-12-13(15)8-6-9-14(12)16/h6,8-9,11,17H,3-5,7,10H2,1-2H3. The third-order valence-electron chi connectivity index (χ3n) is 2.93. The van der Waals surface area contributed by atoms with Crippen LogP contribution in [0.4, 0.5) is 4.39 Å². The van der Waals surface area contributed by atoms with E-state index in [0.717, 1.165) is 6.42 Å². The fourth-order valence-corrected chi connectivity index (χ4v) is 2.01. The molecule has 0 amide bonds. The van der Waals surface area contributed by atoms with Crippen molar-refractivity contribution in [3.05, 3.63) is 34.6 Å². The zero-order chi connectivity index (χ0) is 12.7. The lowest BCUT2D eigenvalue weighted by atomic mass is 10.1. The van der Waals surface area contributed by atoms with Crippen LogP contribution in [0.25, 0.3) is 0 Å². The molecular formula is C14H21ClFN. The minimum absolute atomic E-state index is 0.231. The van der Waals surface area contributed by atoms with Gasteiger partial charge >= 0.3 is 0 Å². The Morgan fingerprint density at radius 2 is 2.12 bits per heavy atom. The second-order valence-corrected chi connectivity index (χ2v) is 4.89. The third-order valence-corrected chi connectivity index (χ3v) is 3.28. The number of benzene rings is 1. The van der Waals surface area contributed by atoms with Crippen molar-refractivity contribution in [1.29, 1.82) is 0 Å². The molecule has 1 unspecified atom stereocenters. The van der Waals surface area contributed by atoms with Crippen LogP contribution in [0.1, 0.15) is 45.1 Å². The van der Waals surface area contributed by atoms with Crippen LogP contribution in [0.3, 0.4) is 0 Å². The quantitative estimate of drug-likeness (QED) is 0.708. The molecule has 0 aliphatic carbocycles. The van der Waals surface area contributed by atoms with Gasteiger partial charge in [-0.1, -0.05) is 43.9 Å². The van der Waals surface area contributed by atoms with Crippen molar-refractivity contribution < 1.29 is 4.39 Å². The van der Waals surface area contributed by atoms with E-state index in [1.54, 1.807) is 12.1 Å². The molecule has 0 saturated heterocycles. The van der Waals surface area contributed by atoms with Crippen molar-refractivity contribution in [2.75, 3.05) is 0 Å². The molecule has 1 nitrogen and oxygen atoms in total. The maximum absolute atomic E-state index is 13.5. The Labute approximate surface area is 108 Å². The molecule has 17 heavy (non-hydrogen) atoms. The molecule has 0 saturated carbocycles. The van der Waals surface area contributed by atoms with Crippen LogP contribution in [-0.4, -0.2) is 6.04 Å². The first-order valence-electron chi connectivity index (χ1n) is 6.31. The van der Waals surface area contributed by atoms with Gasteiger partial charge < -0.3 is 5.32 Å². The zero-order valence-electron chi connectivity index (χ0n) is 10.6. The lowest BCUT2D eigenvalue weighted by Gasteiger charge is -2.14. The van der Waals surface area contributed by atoms with Crippen molar-refractivity contribution in [2.45, 2.75) is 52.1 Å². The predicted molar refractivity (Wildman–Crippen MR) is 71.9 cm³/mol. The first-order valence-corrected chi connectivity index (χ1v) is 6.69. The van der Waals surface area contributed by atoms with E-state index in [0.29, 0.717) is 23.2 Å². The fraction of sp³-hybridized carbons (Fsp3) is 0.571. The van der Waals surface area contributed by atoms with Gasteiger partial charge in [-0.3, -0.25) is 0 Å². The second-order valence-electron chi connectivity index (χ2n) is 4.48. The van der Waals surface area contributed by atoms with Gasteiger partial charge in [0.25, 0.3) is 0 Å². The molecule has 0 heterocycles. The van der Waals surface area contributed by atoms with Gasteiger partial charge in [-0.15, -0.1) is 0 Å². The average molecular weight is 258 g/mol. The molecule has 0 radical (unpaired) electrons. The monoisotopic (exact) mass is 257 g/mol. The number of unbranched alkanes of at least 4 members (excludes halogenated alkanes) is 2. The van der Waals surface area contributed by atoms with Crippen molar-refractivity contribution in [1.82, 2.24) is 5.32 Å². The Morgan fingerprint density at radius 1 is 1.35 bits per heavy atom. The van der Waals surface area contributed by atoms with Crippen molar-refractivity contribution in [3.8, 4) is 0 Å². The molecule has 1 rings (SSSR count). The van der Waals surface area contributed by atoms with E-state index in [1.807, 2.05) is 0 Å². The third kappa shape index (κ3) is 5.05. The molecule has 0 aliphatic heterocycles. The lowest BCUT2D eigenvalue weighted by molar-refractivity contribution is 0.479. The van der Waals surface area contributed by atoms with E-state index in [9.17, 15) is 4.39 Å². The Bertz CT molecular complexity index is 321. The molecule has 0 fully saturated rings. The smallest absolute Gasteiger partial charge is 0.129 e. The van der Waals surface area contributed by atoms with E-state index < -0.39 is 0 Å². The van der Waals surface area contributed by atoms with Crippen LogP contribution < -0.4 is 5.32 Å². The summed E-state index contributed by atoms with van der Waals surface area (Å²) in [6, 6.07) is 5.21. The summed E-state index contributed by atoms with van der Waals surface area (Å²) >= 11 is 5.96. The van der Waals surface area contributed by atoms with Gasteiger partial charge in [-0.2, -0.15) is 0 Å². The Kier molecular flexibility index (Phi) is 6.53. The summed E-state index contributed by atoms with van der Waals surface area (Å²) in [4.78, 5) is 0. The topological polar surface area (TPSA) is 12.0 Å². The summed E-state index contributed by atoms with van der Waals surface area (Å²) in [5.41, 5.74) is 0.566. The zero-order valence-corrected chi connectivity index (χ0v) is 11.4. The summed E-state index contributed by atoms with van der Waals surface area (Å²) < 4.78 is 13.5. The van der Waals surface area contributed by atoms with Crippen LogP contribution in [-0.2, 0) is 6.54 Å². The fourth-order valence-electron chi connectivity index (χ4n) is 1.78. The van der Waals surface area contributed by atoms with E-state index in [1.165, 1.54) is 25.3 Å². The molecule has 0 spiro atoms. The highest BCUT2D eigenvalue weighted by Crippen LogP contribution is 2.18. The molecule has 0 aromatic heterocycles. The summed E-state index contributed by atoms with van der Waals surface area (Å²) in [6.45, 7) is 4.82. The lowest BCUT2D eigenvalue weighted by Crippen LogP contribution is -2.25. The predicted octanol–water partition coefficient (Wildman–Crippen LogP) is 4.54. The van der Waals surface area contributed by atoms with E-state index in [4.69, 9.17) is 11.6 Å². The summed E-state index contributed by atoms with van der Waals surface area (Å²) in [6.07, 6.45) is 4.83. The molecule has 3 heteroatoms. The number of rotatable bonds is 7. The Morgan fingerprint density at radius 3 is 2.76 bits per heavy atom. The highest BCUT2D eigenvalue weighted by Gasteiger charge is 2.08. The van der Waals surface area contributed by atoms with Crippen LogP contribution in [0.5, 0.6) is 0 Å². The maximum Gasteiger partial charge on any atom is 0.129 e. The van der Waals surface area contributed by atoms with E-state index >= 15 is 0 Å². The Hall–Kier alpha value is -0.600. The molecule has 96 valence electrons. The average Bonchev–Trinajstić information content (AvgIpc) is 2.29. The summed E-state index contributed by atoms with van der Waals surface area (Å²) in [5.74, 6) is -0.231. The van der Waals surface area contributed by atoms with Gasteiger partial charge in [0, 0.05) is 23.2 Å². The summed E-state index contributed by atoms with van der Waals surface area (Å²) in [7, 11) is 0. The highest BCUT2D eigenvalue weighted by atomic mass is 35.5. The highest BCUT2D eigenvalue weighted by molar-refractivity contribution is 6.31. The number of hydrogen-bond donors (Lipinski definition) is 1. The number of hydrogen-bond acceptors (Lipinski definition) is 1. The van der Waals surface area contributed by atoms with Crippen molar-refractivity contribution in [2.24, 2.45) is 0 Å². The normalized spacial score (nSPS) is 12.7. The van der Waals surface area contributed by atoms with Gasteiger partial charge in [0.2, 0.25) is 0 Å². The van der Waals surface area contributed by atoms with Gasteiger partial charge in [0.1, 0.15) is 5.82 Å². The minimum atomic E-state index is -0.231. The van der Waals surface area contributed by atoms with Crippen molar-refractivity contribution in [3.63, 3.8) is 0 Å². The molecule has 1 N–H and O–H groups in total. The van der Waals surface area contributed by atoms with Crippen LogP contribution in [0, 0.1) is 5.82 Å². The van der Waals surface area contributed by atoms with Gasteiger partial charge in [-0.05, 0) is 25.5 Å². The minimum Gasteiger partial charge on any atom is -0.310 e. The number of nitrogens with one attached hydrogen (secondary N) is 1. The van der Waals surface area contributed by atoms with E-state index in [2.05, 4.69) is 19.2 Å². The summed E-state index contributed by atoms with van der Waals surface area (Å²) in [5, 5.41) is 3.81. The first kappa shape index (κ1) is 14.5. The van der Waals surface area contributed by atoms with Crippen molar-refractivity contribution >= 4 is 11.6 Å². The largest absolute Gasteiger partial charge is 0.310 e. The molecule has 0 aliphatic rings. The molecule has 1 aromatic rings. The number of halogens is 2. The van der Waals surface area contributed by atoms with Crippen LogP contribution in [0.2, 0.25) is 5.02 Å². The molecule has 0 bridgehead atoms. The van der Waals surface area contributed by atoms with Gasteiger partial charge in [-0.25, -0.2) is 4.39 Å². The molecular weight excluding hydrogens is 237 g/mol. The SMILES string of the molecule is CCCCCC(C)NCc1c(F)cccc1Cl. The van der Waals surface area contributed by atoms with E-state index in [-0.39, 0.29) is 5.82 Å². The second kappa shape index (κ2) is 7.67. The Balaban J connectivity index is 2.39. The molecule has 1 atom stereocenters. The molecule has 1 aromatic carbocycles. The van der Waals surface area contributed by atoms with Gasteiger partial charge in [0.05, 0.1) is 0 Å². The maximum atomic E-state index is 13.5. The van der Waals surface area contributed by atoms with Crippen LogP contribution >= 0.6 is 11.6 Å². The van der Waals surface area contributed by atoms with Gasteiger partial charge in [0.15, 0.2) is 0 Å².